The van der Waals surface area contributed by atoms with Crippen LogP contribution in [0.4, 0.5) is 26.3 Å². The maximum atomic E-state index is 12.8. The van der Waals surface area contributed by atoms with Gasteiger partial charge in [-0.3, -0.25) is 0 Å². The number of halogens is 6. The van der Waals surface area contributed by atoms with Crippen LogP contribution in [0.2, 0.25) is 0 Å². The number of aliphatic carboxylic acids is 1. The van der Waals surface area contributed by atoms with Gasteiger partial charge < -0.3 is 10.2 Å². The molecule has 138 valence electrons. The van der Waals surface area contributed by atoms with Gasteiger partial charge in [-0.25, -0.2) is 4.79 Å². The van der Waals surface area contributed by atoms with Gasteiger partial charge in [0.25, 0.3) is 5.60 Å². The third-order valence-electron chi connectivity index (χ3n) is 5.49. The Morgan fingerprint density at radius 1 is 1.12 bits per heavy atom. The van der Waals surface area contributed by atoms with Crippen molar-refractivity contribution in [2.75, 3.05) is 0 Å². The van der Waals surface area contributed by atoms with Crippen LogP contribution in [0.5, 0.6) is 0 Å². The predicted octanol–water partition coefficient (Wildman–Crippen LogP) is 4.07. The van der Waals surface area contributed by atoms with Crippen LogP contribution < -0.4 is 0 Å². The van der Waals surface area contributed by atoms with E-state index in [2.05, 4.69) is 6.58 Å². The first-order chi connectivity index (χ1) is 10.7. The number of hydrogen-bond donors (Lipinski definition) is 2. The van der Waals surface area contributed by atoms with Gasteiger partial charge in [0.15, 0.2) is 0 Å². The number of fused-ring (bicyclic) bond motifs is 2. The smallest absolute Gasteiger partial charge is 0.426 e. The number of alkyl halides is 6. The number of carbonyl (C=O) groups is 1. The largest absolute Gasteiger partial charge is 0.478 e. The molecular weight excluding hydrogens is 342 g/mol. The molecule has 9 heteroatoms. The summed E-state index contributed by atoms with van der Waals surface area (Å²) in [5.74, 6) is -2.55. The molecule has 0 radical (unpaired) electrons. The minimum atomic E-state index is -5.81. The van der Waals surface area contributed by atoms with Gasteiger partial charge in [0.05, 0.1) is 0 Å². The number of carboxylic acids is 1. The topological polar surface area (TPSA) is 57.5 Å². The highest BCUT2D eigenvalue weighted by Crippen LogP contribution is 2.62. The normalized spacial score (nSPS) is 30.6. The zero-order valence-corrected chi connectivity index (χ0v) is 12.7. The van der Waals surface area contributed by atoms with E-state index in [1.165, 1.54) is 0 Å². The molecule has 0 amide bonds. The number of carboxylic acid groups (broad SMARTS) is 1. The van der Waals surface area contributed by atoms with Crippen LogP contribution >= 0.6 is 0 Å². The zero-order chi connectivity index (χ0) is 18.6. The molecule has 3 atom stereocenters. The summed E-state index contributed by atoms with van der Waals surface area (Å²) in [6.07, 6.45) is -11.6. The molecule has 3 unspecified atom stereocenters. The molecule has 2 bridgehead atoms. The molecule has 0 spiro atoms. The number of aliphatic hydroxyl groups is 1. The van der Waals surface area contributed by atoms with Gasteiger partial charge in [-0.15, -0.1) is 0 Å². The van der Waals surface area contributed by atoms with Crippen LogP contribution in [0, 0.1) is 17.3 Å². The van der Waals surface area contributed by atoms with Crippen LogP contribution in [0.15, 0.2) is 12.2 Å². The Balaban J connectivity index is 2.18. The summed E-state index contributed by atoms with van der Waals surface area (Å²) in [4.78, 5) is 10.9. The van der Waals surface area contributed by atoms with E-state index in [1.54, 1.807) is 0 Å². The van der Waals surface area contributed by atoms with Gasteiger partial charge in [0.2, 0.25) is 0 Å². The fourth-order valence-electron chi connectivity index (χ4n) is 4.33. The maximum Gasteiger partial charge on any atom is 0.426 e. The number of rotatable bonds is 5. The molecule has 0 aliphatic heterocycles. The van der Waals surface area contributed by atoms with Gasteiger partial charge in [0, 0.05) is 5.57 Å². The Morgan fingerprint density at radius 2 is 1.67 bits per heavy atom. The summed E-state index contributed by atoms with van der Waals surface area (Å²) in [6.45, 7) is 3.40. The second-order valence-electron chi connectivity index (χ2n) is 7.11. The second-order valence-corrected chi connectivity index (χ2v) is 7.11. The van der Waals surface area contributed by atoms with Gasteiger partial charge in [0.1, 0.15) is 0 Å². The van der Waals surface area contributed by atoms with Gasteiger partial charge >= 0.3 is 18.3 Å². The maximum absolute atomic E-state index is 12.8. The Morgan fingerprint density at radius 3 is 2.12 bits per heavy atom. The molecule has 2 aliphatic carbocycles. The average Bonchev–Trinajstić information content (AvgIpc) is 2.93. The molecule has 2 N–H and O–H groups in total. The van der Waals surface area contributed by atoms with Crippen LogP contribution in [0.1, 0.15) is 38.5 Å². The molecule has 2 aliphatic rings. The first-order valence-corrected chi connectivity index (χ1v) is 7.48. The van der Waals surface area contributed by atoms with Crippen LogP contribution in [-0.4, -0.2) is 34.1 Å². The molecule has 0 aromatic rings. The highest BCUT2D eigenvalue weighted by atomic mass is 19.4. The lowest BCUT2D eigenvalue weighted by Crippen LogP contribution is -2.58. The Bertz CT molecular complexity index is 524. The van der Waals surface area contributed by atoms with Crippen molar-refractivity contribution in [2.45, 2.75) is 56.5 Å². The van der Waals surface area contributed by atoms with Gasteiger partial charge in [-0.05, 0) is 55.8 Å². The standard InChI is InChI=1S/C15H18F6O3/c1-8(11(22)23)4-12-3-2-9(5-12)10(6-12)7-13(24,14(16,17)18)15(19,20)21/h9-10,24H,1-7H2,(H,22,23). The van der Waals surface area contributed by atoms with E-state index >= 15 is 0 Å². The van der Waals surface area contributed by atoms with Crippen molar-refractivity contribution in [3.05, 3.63) is 12.2 Å². The van der Waals surface area contributed by atoms with E-state index in [0.29, 0.717) is 19.3 Å². The third-order valence-corrected chi connectivity index (χ3v) is 5.49. The summed E-state index contributed by atoms with van der Waals surface area (Å²) in [6, 6.07) is 0. The fraction of sp³-hybridized carbons (Fsp3) is 0.800. The number of hydrogen-bond acceptors (Lipinski definition) is 2. The molecule has 3 nitrogen and oxygen atoms in total. The first kappa shape index (κ1) is 19.1. The third kappa shape index (κ3) is 3.14. The Kier molecular flexibility index (Phi) is 4.48. The first-order valence-electron chi connectivity index (χ1n) is 7.48. The molecule has 2 rings (SSSR count). The van der Waals surface area contributed by atoms with Crippen LogP contribution in [0.3, 0.4) is 0 Å². The van der Waals surface area contributed by atoms with Crippen molar-refractivity contribution in [2.24, 2.45) is 17.3 Å². The van der Waals surface area contributed by atoms with E-state index in [1.807, 2.05) is 0 Å². The van der Waals surface area contributed by atoms with Gasteiger partial charge in [-0.1, -0.05) is 6.58 Å². The average molecular weight is 360 g/mol. The molecule has 2 fully saturated rings. The Hall–Kier alpha value is -1.25. The monoisotopic (exact) mass is 360 g/mol. The minimum absolute atomic E-state index is 0.0401. The van der Waals surface area contributed by atoms with E-state index in [-0.39, 0.29) is 24.3 Å². The minimum Gasteiger partial charge on any atom is -0.478 e. The van der Waals surface area contributed by atoms with Crippen molar-refractivity contribution in [3.8, 4) is 0 Å². The van der Waals surface area contributed by atoms with E-state index in [0.717, 1.165) is 0 Å². The fourth-order valence-corrected chi connectivity index (χ4v) is 4.33. The molecular formula is C15H18F6O3. The SMILES string of the molecule is C=C(CC12CCC(C1)C(CC(O)(C(F)(F)F)C(F)(F)F)C2)C(=O)O. The lowest BCUT2D eigenvalue weighted by atomic mass is 9.73. The quantitative estimate of drug-likeness (QED) is 0.574. The Labute approximate surface area is 134 Å². The van der Waals surface area contributed by atoms with Crippen molar-refractivity contribution >= 4 is 5.97 Å². The van der Waals surface area contributed by atoms with E-state index in [4.69, 9.17) is 5.11 Å². The summed E-state index contributed by atoms with van der Waals surface area (Å²) >= 11 is 0. The molecule has 0 aromatic carbocycles. The van der Waals surface area contributed by atoms with Gasteiger partial charge in [-0.2, -0.15) is 26.3 Å². The van der Waals surface area contributed by atoms with E-state index in [9.17, 15) is 36.2 Å². The van der Waals surface area contributed by atoms with Crippen LogP contribution in [-0.2, 0) is 4.79 Å². The predicted molar refractivity (Wildman–Crippen MR) is 71.0 cm³/mol. The lowest BCUT2D eigenvalue weighted by molar-refractivity contribution is -0.373. The second kappa shape index (κ2) is 5.64. The van der Waals surface area contributed by atoms with Crippen molar-refractivity contribution in [3.63, 3.8) is 0 Å². The summed E-state index contributed by atoms with van der Waals surface area (Å²) in [5.41, 5.74) is -5.46. The molecule has 0 aromatic heterocycles. The van der Waals surface area contributed by atoms with E-state index < -0.39 is 41.7 Å². The van der Waals surface area contributed by atoms with Crippen LogP contribution in [0.25, 0.3) is 0 Å². The van der Waals surface area contributed by atoms with Crippen molar-refractivity contribution in [1.29, 1.82) is 0 Å². The molecule has 24 heavy (non-hydrogen) atoms. The lowest BCUT2D eigenvalue weighted by Gasteiger charge is -2.37. The molecule has 0 heterocycles. The van der Waals surface area contributed by atoms with Crippen molar-refractivity contribution < 1.29 is 41.4 Å². The molecule has 0 saturated heterocycles. The molecule has 2 saturated carbocycles. The summed E-state index contributed by atoms with van der Waals surface area (Å²) < 4.78 is 77.1. The zero-order valence-electron chi connectivity index (χ0n) is 12.7. The summed E-state index contributed by atoms with van der Waals surface area (Å²) in [5, 5.41) is 18.3. The van der Waals surface area contributed by atoms with Crippen molar-refractivity contribution in [1.82, 2.24) is 0 Å². The highest BCUT2D eigenvalue weighted by Gasteiger charge is 2.71. The summed E-state index contributed by atoms with van der Waals surface area (Å²) in [7, 11) is 0. The highest BCUT2D eigenvalue weighted by molar-refractivity contribution is 5.85.